The van der Waals surface area contributed by atoms with E-state index in [0.29, 0.717) is 12.1 Å². The van der Waals surface area contributed by atoms with Crippen molar-refractivity contribution in [1.82, 2.24) is 4.90 Å². The summed E-state index contributed by atoms with van der Waals surface area (Å²) in [7, 11) is 2.08. The molecule has 1 saturated heterocycles. The van der Waals surface area contributed by atoms with E-state index in [4.69, 9.17) is 11.6 Å². The number of hydrogen-bond acceptors (Lipinski definition) is 4. The molecule has 0 radical (unpaired) electrons. The van der Waals surface area contributed by atoms with Crippen LogP contribution in [0.25, 0.3) is 0 Å². The van der Waals surface area contributed by atoms with Gasteiger partial charge in [-0.25, -0.2) is 0 Å². The fourth-order valence-electron chi connectivity index (χ4n) is 2.28. The van der Waals surface area contributed by atoms with Gasteiger partial charge in [-0.05, 0) is 32.5 Å². The number of benzene rings is 1. The first-order valence-corrected chi connectivity index (χ1v) is 6.26. The van der Waals surface area contributed by atoms with E-state index in [2.05, 4.69) is 24.2 Å². The van der Waals surface area contributed by atoms with Crippen LogP contribution in [0.15, 0.2) is 18.2 Å². The minimum atomic E-state index is -0.461. The van der Waals surface area contributed by atoms with E-state index in [1.165, 1.54) is 6.07 Å². The summed E-state index contributed by atoms with van der Waals surface area (Å²) in [5.74, 6) is 0. The maximum absolute atomic E-state index is 10.8. The normalized spacial score (nSPS) is 24.2. The second-order valence-electron chi connectivity index (χ2n) is 4.79. The number of likely N-dealkylation sites (tertiary alicyclic amines) is 1. The SMILES string of the molecule is CC1CC(Nc2ccc(Cl)c([N+](=O)[O-])c2)CN1C. The molecule has 0 spiro atoms. The predicted octanol–water partition coefficient (Wildman–Crippen LogP) is 2.75. The number of rotatable bonds is 3. The van der Waals surface area contributed by atoms with Crippen molar-refractivity contribution in [2.45, 2.75) is 25.4 Å². The molecule has 0 aliphatic carbocycles. The summed E-state index contributed by atoms with van der Waals surface area (Å²) in [6.45, 7) is 3.11. The maximum Gasteiger partial charge on any atom is 0.289 e. The zero-order chi connectivity index (χ0) is 13.3. The van der Waals surface area contributed by atoms with Crippen molar-refractivity contribution in [1.29, 1.82) is 0 Å². The molecule has 5 nitrogen and oxygen atoms in total. The third-order valence-electron chi connectivity index (χ3n) is 3.40. The number of nitro groups is 1. The zero-order valence-electron chi connectivity index (χ0n) is 10.4. The van der Waals surface area contributed by atoms with Gasteiger partial charge in [0, 0.05) is 30.4 Å². The molecule has 1 aromatic rings. The average Bonchev–Trinajstić information content (AvgIpc) is 2.60. The summed E-state index contributed by atoms with van der Waals surface area (Å²) in [5.41, 5.74) is 0.694. The highest BCUT2D eigenvalue weighted by Gasteiger charge is 2.26. The largest absolute Gasteiger partial charge is 0.381 e. The van der Waals surface area contributed by atoms with Crippen LogP contribution < -0.4 is 5.32 Å². The number of halogens is 1. The van der Waals surface area contributed by atoms with Gasteiger partial charge in [-0.3, -0.25) is 10.1 Å². The lowest BCUT2D eigenvalue weighted by molar-refractivity contribution is -0.384. The highest BCUT2D eigenvalue weighted by atomic mass is 35.5. The Morgan fingerprint density at radius 1 is 1.56 bits per heavy atom. The van der Waals surface area contributed by atoms with Crippen LogP contribution in [0.5, 0.6) is 0 Å². The molecule has 2 atom stereocenters. The Labute approximate surface area is 111 Å². The van der Waals surface area contributed by atoms with Crippen LogP contribution in [0, 0.1) is 10.1 Å². The van der Waals surface area contributed by atoms with Gasteiger partial charge < -0.3 is 10.2 Å². The summed E-state index contributed by atoms with van der Waals surface area (Å²) in [5, 5.41) is 14.3. The van der Waals surface area contributed by atoms with Gasteiger partial charge in [0.05, 0.1) is 4.92 Å². The molecular weight excluding hydrogens is 254 g/mol. The van der Waals surface area contributed by atoms with Crippen LogP contribution in [0.1, 0.15) is 13.3 Å². The minimum absolute atomic E-state index is 0.0546. The lowest BCUT2D eigenvalue weighted by Gasteiger charge is -2.14. The molecule has 1 aliphatic rings. The zero-order valence-corrected chi connectivity index (χ0v) is 11.1. The number of hydrogen-bond donors (Lipinski definition) is 1. The van der Waals surface area contributed by atoms with Crippen molar-refractivity contribution in [2.24, 2.45) is 0 Å². The molecule has 1 heterocycles. The van der Waals surface area contributed by atoms with Crippen molar-refractivity contribution in [3.05, 3.63) is 33.3 Å². The van der Waals surface area contributed by atoms with Crippen molar-refractivity contribution in [3.8, 4) is 0 Å². The second kappa shape index (κ2) is 5.12. The molecule has 0 amide bonds. The van der Waals surface area contributed by atoms with E-state index < -0.39 is 4.92 Å². The van der Waals surface area contributed by atoms with Gasteiger partial charge in [-0.2, -0.15) is 0 Å². The molecule has 2 unspecified atom stereocenters. The Hall–Kier alpha value is -1.33. The number of anilines is 1. The number of nitro benzene ring substituents is 1. The Morgan fingerprint density at radius 3 is 2.83 bits per heavy atom. The van der Waals surface area contributed by atoms with Gasteiger partial charge in [0.25, 0.3) is 5.69 Å². The number of nitrogens with zero attached hydrogens (tertiary/aromatic N) is 2. The average molecular weight is 270 g/mol. The monoisotopic (exact) mass is 269 g/mol. The summed E-state index contributed by atoms with van der Waals surface area (Å²) in [6, 6.07) is 5.68. The molecule has 0 saturated carbocycles. The fraction of sp³-hybridized carbons (Fsp3) is 0.500. The van der Waals surface area contributed by atoms with Gasteiger partial charge in [0.15, 0.2) is 0 Å². The third-order valence-corrected chi connectivity index (χ3v) is 3.72. The fourth-order valence-corrected chi connectivity index (χ4v) is 2.46. The van der Waals surface area contributed by atoms with Gasteiger partial charge in [0.1, 0.15) is 5.02 Å². The van der Waals surface area contributed by atoms with E-state index in [-0.39, 0.29) is 10.7 Å². The van der Waals surface area contributed by atoms with Crippen molar-refractivity contribution < 1.29 is 4.92 Å². The van der Waals surface area contributed by atoms with E-state index in [1.54, 1.807) is 12.1 Å². The van der Waals surface area contributed by atoms with Crippen molar-refractivity contribution >= 4 is 23.0 Å². The molecule has 1 fully saturated rings. The Morgan fingerprint density at radius 2 is 2.28 bits per heavy atom. The Balaban J connectivity index is 2.11. The molecule has 1 N–H and O–H groups in total. The van der Waals surface area contributed by atoms with Crippen molar-refractivity contribution in [3.63, 3.8) is 0 Å². The lowest BCUT2D eigenvalue weighted by Crippen LogP contribution is -2.24. The van der Waals surface area contributed by atoms with E-state index >= 15 is 0 Å². The standard InChI is InChI=1S/C12H16ClN3O2/c1-8-5-10(7-15(8)2)14-9-3-4-11(13)12(6-9)16(17)18/h3-4,6,8,10,14H,5,7H2,1-2H3. The summed E-state index contributed by atoms with van der Waals surface area (Å²) in [6.07, 6.45) is 1.03. The molecule has 6 heteroatoms. The summed E-state index contributed by atoms with van der Waals surface area (Å²) < 4.78 is 0. The topological polar surface area (TPSA) is 58.4 Å². The molecule has 18 heavy (non-hydrogen) atoms. The first kappa shape index (κ1) is 13.1. The van der Waals surface area contributed by atoms with Gasteiger partial charge in [0.2, 0.25) is 0 Å². The highest BCUT2D eigenvalue weighted by molar-refractivity contribution is 6.32. The summed E-state index contributed by atoms with van der Waals surface area (Å²) >= 11 is 5.78. The Bertz CT molecular complexity index is 457. The van der Waals surface area contributed by atoms with Crippen LogP contribution in [0.2, 0.25) is 5.02 Å². The minimum Gasteiger partial charge on any atom is -0.381 e. The third kappa shape index (κ3) is 2.73. The number of nitrogens with one attached hydrogen (secondary N) is 1. The molecule has 2 rings (SSSR count). The molecular formula is C12H16ClN3O2. The number of likely N-dealkylation sites (N-methyl/N-ethyl adjacent to an activating group) is 1. The van der Waals surface area contributed by atoms with Crippen LogP contribution in [-0.2, 0) is 0 Å². The van der Waals surface area contributed by atoms with E-state index in [1.807, 2.05) is 0 Å². The first-order chi connectivity index (χ1) is 8.47. The molecule has 98 valence electrons. The highest BCUT2D eigenvalue weighted by Crippen LogP contribution is 2.28. The van der Waals surface area contributed by atoms with Crippen LogP contribution >= 0.6 is 11.6 Å². The van der Waals surface area contributed by atoms with Crippen molar-refractivity contribution in [2.75, 3.05) is 18.9 Å². The second-order valence-corrected chi connectivity index (χ2v) is 5.20. The van der Waals surface area contributed by atoms with E-state index in [0.717, 1.165) is 18.7 Å². The van der Waals surface area contributed by atoms with Gasteiger partial charge >= 0.3 is 0 Å². The maximum atomic E-state index is 10.8. The molecule has 1 aromatic carbocycles. The van der Waals surface area contributed by atoms with Gasteiger partial charge in [-0.15, -0.1) is 0 Å². The lowest BCUT2D eigenvalue weighted by atomic mass is 10.2. The van der Waals surface area contributed by atoms with Crippen LogP contribution in [0.4, 0.5) is 11.4 Å². The first-order valence-electron chi connectivity index (χ1n) is 5.88. The van der Waals surface area contributed by atoms with E-state index in [9.17, 15) is 10.1 Å². The molecule has 1 aliphatic heterocycles. The van der Waals surface area contributed by atoms with Crippen LogP contribution in [0.3, 0.4) is 0 Å². The Kier molecular flexibility index (Phi) is 3.73. The predicted molar refractivity (Wildman–Crippen MR) is 72.2 cm³/mol. The molecule has 0 bridgehead atoms. The van der Waals surface area contributed by atoms with Crippen LogP contribution in [-0.4, -0.2) is 35.5 Å². The summed E-state index contributed by atoms with van der Waals surface area (Å²) in [4.78, 5) is 12.6. The smallest absolute Gasteiger partial charge is 0.289 e. The van der Waals surface area contributed by atoms with Gasteiger partial charge in [-0.1, -0.05) is 11.6 Å². The molecule has 0 aromatic heterocycles. The quantitative estimate of drug-likeness (QED) is 0.677.